The van der Waals surface area contributed by atoms with Crippen molar-refractivity contribution in [2.24, 2.45) is 4.99 Å². The van der Waals surface area contributed by atoms with E-state index in [0.717, 1.165) is 16.7 Å². The number of thioether (sulfide) groups is 2. The number of aliphatic imine (C=N–C) groups is 1. The van der Waals surface area contributed by atoms with Crippen molar-refractivity contribution >= 4 is 39.7 Å². The molecule has 18 heavy (non-hydrogen) atoms. The molecule has 2 rings (SSSR count). The second-order valence-corrected chi connectivity index (χ2v) is 5.83. The van der Waals surface area contributed by atoms with E-state index in [1.54, 1.807) is 36.0 Å². The van der Waals surface area contributed by atoms with Gasteiger partial charge in [0.15, 0.2) is 0 Å². The van der Waals surface area contributed by atoms with Crippen molar-refractivity contribution in [3.63, 3.8) is 0 Å². The van der Waals surface area contributed by atoms with E-state index in [4.69, 9.17) is 0 Å². The van der Waals surface area contributed by atoms with Crippen LogP contribution in [0.4, 0.5) is 0 Å². The number of benzene rings is 1. The van der Waals surface area contributed by atoms with E-state index in [1.807, 2.05) is 6.07 Å². The number of rotatable bonds is 3. The lowest BCUT2D eigenvalue weighted by Gasteiger charge is -2.03. The Morgan fingerprint density at radius 3 is 2.78 bits per heavy atom. The first-order valence-electron chi connectivity index (χ1n) is 5.45. The molecule has 1 aromatic rings. The Labute approximate surface area is 114 Å². The molecule has 0 aromatic heterocycles. The van der Waals surface area contributed by atoms with Crippen LogP contribution in [0.5, 0.6) is 0 Å². The van der Waals surface area contributed by atoms with E-state index in [9.17, 15) is 9.59 Å². The predicted octanol–water partition coefficient (Wildman–Crippen LogP) is 1.78. The summed E-state index contributed by atoms with van der Waals surface area (Å²) in [6.45, 7) is 0.817. The van der Waals surface area contributed by atoms with E-state index in [2.05, 4.69) is 10.3 Å². The fourth-order valence-electron chi connectivity index (χ4n) is 1.35. The summed E-state index contributed by atoms with van der Waals surface area (Å²) in [6, 6.07) is 8.69. The largest absolute Gasteiger partial charge is 0.292 e. The fourth-order valence-corrected chi connectivity index (χ4v) is 3.16. The van der Waals surface area contributed by atoms with E-state index in [1.165, 1.54) is 11.8 Å². The summed E-state index contributed by atoms with van der Waals surface area (Å²) in [5.74, 6) is 0.559. The van der Waals surface area contributed by atoms with Crippen molar-refractivity contribution < 1.29 is 9.59 Å². The molecule has 0 bridgehead atoms. The van der Waals surface area contributed by atoms with Crippen molar-refractivity contribution in [2.75, 3.05) is 18.1 Å². The van der Waals surface area contributed by atoms with Crippen LogP contribution in [0.1, 0.15) is 10.4 Å². The highest BCUT2D eigenvalue weighted by molar-refractivity contribution is 8.39. The zero-order valence-electron chi connectivity index (χ0n) is 9.59. The first-order valence-corrected chi connectivity index (χ1v) is 7.42. The minimum Gasteiger partial charge on any atom is -0.292 e. The topological polar surface area (TPSA) is 58.5 Å². The van der Waals surface area contributed by atoms with Gasteiger partial charge < -0.3 is 0 Å². The smallest absolute Gasteiger partial charge is 0.257 e. The number of nitrogens with zero attached hydrogens (tertiary/aromatic N) is 1. The van der Waals surface area contributed by atoms with Gasteiger partial charge in [-0.05, 0) is 12.1 Å². The third kappa shape index (κ3) is 3.89. The van der Waals surface area contributed by atoms with Crippen LogP contribution in [0.3, 0.4) is 0 Å². The Bertz CT molecular complexity index is 474. The van der Waals surface area contributed by atoms with Crippen LogP contribution >= 0.6 is 23.5 Å². The molecule has 1 N–H and O–H groups in total. The summed E-state index contributed by atoms with van der Waals surface area (Å²) in [6.07, 6.45) is 0. The molecule has 1 aliphatic rings. The predicted molar refractivity (Wildman–Crippen MR) is 76.1 cm³/mol. The zero-order valence-corrected chi connectivity index (χ0v) is 11.2. The molecule has 0 unspecified atom stereocenters. The third-order valence-corrected chi connectivity index (χ3v) is 4.43. The highest BCUT2D eigenvalue weighted by atomic mass is 32.2. The highest BCUT2D eigenvalue weighted by Gasteiger charge is 2.13. The van der Waals surface area contributed by atoms with E-state index in [0.29, 0.717) is 5.56 Å². The third-order valence-electron chi connectivity index (χ3n) is 2.17. The molecule has 2 amide bonds. The molecule has 0 aliphatic carbocycles. The minimum atomic E-state index is -0.359. The molecule has 0 fully saturated rings. The molecule has 1 aromatic carbocycles. The molecule has 0 saturated carbocycles. The Kier molecular flexibility index (Phi) is 4.83. The molecule has 0 atom stereocenters. The molecule has 0 saturated heterocycles. The van der Waals surface area contributed by atoms with Crippen LogP contribution in [0.2, 0.25) is 0 Å². The van der Waals surface area contributed by atoms with Gasteiger partial charge in [0.2, 0.25) is 5.91 Å². The van der Waals surface area contributed by atoms with Gasteiger partial charge in [0.25, 0.3) is 5.91 Å². The Morgan fingerprint density at radius 2 is 2.11 bits per heavy atom. The first-order chi connectivity index (χ1) is 8.75. The lowest BCUT2D eigenvalue weighted by Crippen LogP contribution is -2.31. The Hall–Kier alpha value is -1.27. The van der Waals surface area contributed by atoms with Crippen molar-refractivity contribution in [1.82, 2.24) is 5.32 Å². The Balaban J connectivity index is 1.79. The zero-order chi connectivity index (χ0) is 12.8. The number of hydrogen-bond donors (Lipinski definition) is 1. The highest BCUT2D eigenvalue weighted by Crippen LogP contribution is 2.21. The number of carbonyl (C=O) groups is 2. The van der Waals surface area contributed by atoms with Crippen molar-refractivity contribution in [1.29, 1.82) is 0 Å². The SMILES string of the molecule is O=C(CSC1=NCCS1)NC(=O)c1ccccc1. The number of carbonyl (C=O) groups excluding carboxylic acids is 2. The van der Waals surface area contributed by atoms with Gasteiger partial charge in [0, 0.05) is 11.3 Å². The monoisotopic (exact) mass is 280 g/mol. The minimum absolute atomic E-state index is 0.227. The molecule has 94 valence electrons. The van der Waals surface area contributed by atoms with Crippen LogP contribution in [0.25, 0.3) is 0 Å². The summed E-state index contributed by atoms with van der Waals surface area (Å²) in [5, 5.41) is 2.36. The average Bonchev–Trinajstić information content (AvgIpc) is 2.90. The first kappa shape index (κ1) is 13.2. The lowest BCUT2D eigenvalue weighted by atomic mass is 10.2. The van der Waals surface area contributed by atoms with E-state index in [-0.39, 0.29) is 17.6 Å². The van der Waals surface area contributed by atoms with Gasteiger partial charge in [-0.25, -0.2) is 0 Å². The summed E-state index contributed by atoms with van der Waals surface area (Å²) >= 11 is 3.03. The van der Waals surface area contributed by atoms with Gasteiger partial charge >= 0.3 is 0 Å². The van der Waals surface area contributed by atoms with Gasteiger partial charge in [0.1, 0.15) is 4.38 Å². The van der Waals surface area contributed by atoms with Gasteiger partial charge in [0.05, 0.1) is 12.3 Å². The van der Waals surface area contributed by atoms with E-state index >= 15 is 0 Å². The maximum Gasteiger partial charge on any atom is 0.257 e. The van der Waals surface area contributed by atoms with Crippen LogP contribution in [0.15, 0.2) is 35.3 Å². The van der Waals surface area contributed by atoms with Gasteiger partial charge in [-0.1, -0.05) is 41.7 Å². The molecule has 1 aliphatic heterocycles. The summed E-state index contributed by atoms with van der Waals surface area (Å²) in [5.41, 5.74) is 0.489. The molecular weight excluding hydrogens is 268 g/mol. The van der Waals surface area contributed by atoms with Gasteiger partial charge in [-0.15, -0.1) is 0 Å². The van der Waals surface area contributed by atoms with Crippen molar-refractivity contribution in [3.05, 3.63) is 35.9 Å². The number of amides is 2. The van der Waals surface area contributed by atoms with Crippen LogP contribution in [-0.4, -0.2) is 34.2 Å². The van der Waals surface area contributed by atoms with Crippen LogP contribution in [0, 0.1) is 0 Å². The second-order valence-electron chi connectivity index (χ2n) is 3.53. The van der Waals surface area contributed by atoms with Gasteiger partial charge in [-0.3, -0.25) is 19.9 Å². The van der Waals surface area contributed by atoms with Gasteiger partial charge in [-0.2, -0.15) is 0 Å². The maximum absolute atomic E-state index is 11.7. The number of imide groups is 1. The molecular formula is C12H12N2O2S2. The summed E-state index contributed by atoms with van der Waals surface area (Å²) in [7, 11) is 0. The summed E-state index contributed by atoms with van der Waals surface area (Å²) < 4.78 is 0.928. The lowest BCUT2D eigenvalue weighted by molar-refractivity contribution is -0.117. The molecule has 4 nitrogen and oxygen atoms in total. The molecule has 0 radical (unpaired) electrons. The number of nitrogens with one attached hydrogen (secondary N) is 1. The van der Waals surface area contributed by atoms with Crippen LogP contribution < -0.4 is 5.32 Å². The molecule has 0 spiro atoms. The second kappa shape index (κ2) is 6.61. The van der Waals surface area contributed by atoms with Crippen LogP contribution in [-0.2, 0) is 4.79 Å². The summed E-state index contributed by atoms with van der Waals surface area (Å²) in [4.78, 5) is 27.5. The van der Waals surface area contributed by atoms with E-state index < -0.39 is 0 Å². The standard InChI is InChI=1S/C12H12N2O2S2/c15-10(8-18-12-13-6-7-17-12)14-11(16)9-4-2-1-3-5-9/h1-5H,6-8H2,(H,14,15,16). The van der Waals surface area contributed by atoms with Crippen molar-refractivity contribution in [3.8, 4) is 0 Å². The quantitative estimate of drug-likeness (QED) is 0.917. The average molecular weight is 280 g/mol. The Morgan fingerprint density at radius 1 is 1.33 bits per heavy atom. The normalized spacial score (nSPS) is 14.1. The fraction of sp³-hybridized carbons (Fsp3) is 0.250. The number of hydrogen-bond acceptors (Lipinski definition) is 5. The molecule has 6 heteroatoms. The maximum atomic E-state index is 11.7. The molecule has 1 heterocycles. The van der Waals surface area contributed by atoms with Crippen molar-refractivity contribution in [2.45, 2.75) is 0 Å².